The fourth-order valence-corrected chi connectivity index (χ4v) is 8.77. The fraction of sp³-hybridized carbons (Fsp3) is 0.375. The van der Waals surface area contributed by atoms with Crippen molar-refractivity contribution in [2.24, 2.45) is 11.8 Å². The predicted octanol–water partition coefficient (Wildman–Crippen LogP) is 7.13. The lowest BCUT2D eigenvalue weighted by Crippen LogP contribution is -2.52. The molecule has 57 heavy (non-hydrogen) atoms. The largest absolute Gasteiger partial charge is 0.489 e. The summed E-state index contributed by atoms with van der Waals surface area (Å²) in [6.07, 6.45) is 4.86. The molecule has 1 aromatic heterocycles. The average Bonchev–Trinajstić information content (AvgIpc) is 4.03. The first kappa shape index (κ1) is 40.8. The Hall–Kier alpha value is -4.41. The molecule has 1 saturated carbocycles. The van der Waals surface area contributed by atoms with Gasteiger partial charge in [-0.2, -0.15) is 13.5 Å². The molecular formula is C40H39Cl2F3N3O8S+. The van der Waals surface area contributed by atoms with Gasteiger partial charge in [-0.15, -0.1) is 0 Å². The number of aromatic amines is 1. The van der Waals surface area contributed by atoms with Gasteiger partial charge in [-0.25, -0.2) is 27.4 Å². The number of aromatic nitrogens is 1. The van der Waals surface area contributed by atoms with Crippen LogP contribution in [0.5, 0.6) is 11.5 Å². The molecule has 0 amide bonds. The first-order chi connectivity index (χ1) is 27.3. The Balaban J connectivity index is 1.15. The van der Waals surface area contributed by atoms with Crippen molar-refractivity contribution in [3.8, 4) is 11.5 Å². The molecule has 4 fully saturated rings. The van der Waals surface area contributed by atoms with Gasteiger partial charge in [-0.05, 0) is 104 Å². The van der Waals surface area contributed by atoms with E-state index in [2.05, 4.69) is 19.3 Å². The fourth-order valence-electron chi connectivity index (χ4n) is 7.02. The van der Waals surface area contributed by atoms with Crippen LogP contribution in [0.25, 0.3) is 0 Å². The van der Waals surface area contributed by atoms with Crippen LogP contribution in [0.1, 0.15) is 64.9 Å². The third-order valence-corrected chi connectivity index (χ3v) is 12.4. The Morgan fingerprint density at radius 2 is 1.65 bits per heavy atom. The minimum Gasteiger partial charge on any atom is -0.489 e. The number of carbonyl (C=O) groups is 2. The number of fused-ring (bicyclic) bond motifs is 3. The minimum atomic E-state index is -4.56. The number of benzene rings is 3. The molecule has 302 valence electrons. The van der Waals surface area contributed by atoms with E-state index in [4.69, 9.17) is 37.4 Å². The van der Waals surface area contributed by atoms with Gasteiger partial charge in [0.25, 0.3) is 0 Å². The van der Waals surface area contributed by atoms with Crippen molar-refractivity contribution in [1.82, 2.24) is 9.62 Å². The summed E-state index contributed by atoms with van der Waals surface area (Å²) in [6.45, 7) is -0.546. The summed E-state index contributed by atoms with van der Waals surface area (Å²) in [4.78, 5) is 32.1. The van der Waals surface area contributed by atoms with E-state index in [1.807, 2.05) is 0 Å². The number of hydrogen-bond acceptors (Lipinski definition) is 9. The molecule has 3 aliphatic heterocycles. The maximum atomic E-state index is 14.4. The van der Waals surface area contributed by atoms with E-state index in [0.29, 0.717) is 17.7 Å². The van der Waals surface area contributed by atoms with Crippen molar-refractivity contribution in [1.29, 1.82) is 0 Å². The molecule has 8 rings (SSSR count). The number of pyridine rings is 1. The Kier molecular flexibility index (Phi) is 12.6. The van der Waals surface area contributed by atoms with Crippen LogP contribution in [-0.4, -0.2) is 64.2 Å². The topological polar surface area (TPSA) is 135 Å². The van der Waals surface area contributed by atoms with Crippen LogP contribution < -0.4 is 19.2 Å². The number of piperidine rings is 3. The number of ether oxygens (including phenoxy) is 4. The molecule has 4 aromatic rings. The van der Waals surface area contributed by atoms with Crippen LogP contribution in [-0.2, 0) is 30.7 Å². The first-order valence-electron chi connectivity index (χ1n) is 18.4. The molecule has 2 N–H and O–H groups in total. The Labute approximate surface area is 337 Å². The van der Waals surface area contributed by atoms with Crippen LogP contribution in [0, 0.1) is 17.7 Å². The normalized spacial score (nSPS) is 20.1. The maximum Gasteiger partial charge on any atom is 0.387 e. The van der Waals surface area contributed by atoms with Gasteiger partial charge < -0.3 is 18.9 Å². The Morgan fingerprint density at radius 1 is 0.912 bits per heavy atom. The quantitative estimate of drug-likeness (QED) is 0.117. The van der Waals surface area contributed by atoms with Crippen LogP contribution in [0.15, 0.2) is 84.0 Å². The second-order valence-electron chi connectivity index (χ2n) is 14.3. The summed E-state index contributed by atoms with van der Waals surface area (Å²) in [5, 5.41) is 0.455. The third kappa shape index (κ3) is 10.2. The SMILES string of the molecule is O=C(O[C@@H](Cc1c(Cl)c[nH+]cc1Cl)c1ccc(OC(F)F)c(OCC2CC2)c1)c1cccc(S(=O)(=O)NC(C(=O)O[C@H]2CN3CCC2CC3)c2cccc(F)c2)c1. The molecule has 17 heteroatoms. The van der Waals surface area contributed by atoms with Gasteiger partial charge in [0.05, 0.1) is 17.1 Å². The Bertz CT molecular complexity index is 2200. The van der Waals surface area contributed by atoms with E-state index in [0.717, 1.165) is 50.9 Å². The zero-order valence-corrected chi connectivity index (χ0v) is 32.7. The average molecular weight is 850 g/mol. The van der Waals surface area contributed by atoms with Crippen molar-refractivity contribution in [2.75, 3.05) is 26.2 Å². The molecule has 3 saturated heterocycles. The van der Waals surface area contributed by atoms with E-state index in [-0.39, 0.29) is 62.4 Å². The molecule has 0 radical (unpaired) electrons. The molecule has 4 aliphatic rings. The zero-order valence-electron chi connectivity index (χ0n) is 30.3. The van der Waals surface area contributed by atoms with Crippen molar-refractivity contribution in [3.63, 3.8) is 0 Å². The number of esters is 2. The second kappa shape index (κ2) is 17.6. The highest BCUT2D eigenvalue weighted by molar-refractivity contribution is 7.89. The third-order valence-electron chi connectivity index (χ3n) is 10.3. The first-order valence-corrected chi connectivity index (χ1v) is 20.6. The van der Waals surface area contributed by atoms with Crippen molar-refractivity contribution >= 4 is 45.2 Å². The van der Waals surface area contributed by atoms with E-state index in [1.165, 1.54) is 67.0 Å². The van der Waals surface area contributed by atoms with E-state index in [1.54, 1.807) is 0 Å². The molecular weight excluding hydrogens is 810 g/mol. The minimum absolute atomic E-state index is 0.0124. The summed E-state index contributed by atoms with van der Waals surface area (Å²) in [5.41, 5.74) is 0.573. The summed E-state index contributed by atoms with van der Waals surface area (Å²) in [5.74, 6) is -2.31. The molecule has 2 bridgehead atoms. The van der Waals surface area contributed by atoms with Crippen molar-refractivity contribution < 1.29 is 55.1 Å². The second-order valence-corrected chi connectivity index (χ2v) is 16.8. The molecule has 0 spiro atoms. The van der Waals surface area contributed by atoms with Gasteiger partial charge in [-0.3, -0.25) is 4.90 Å². The number of rotatable bonds is 16. The van der Waals surface area contributed by atoms with Gasteiger partial charge in [0, 0.05) is 18.5 Å². The lowest BCUT2D eigenvalue weighted by molar-refractivity contribution is -0.377. The highest BCUT2D eigenvalue weighted by Gasteiger charge is 2.39. The number of nitrogens with zero attached hydrogens (tertiary/aromatic N) is 1. The lowest BCUT2D eigenvalue weighted by Gasteiger charge is -2.44. The van der Waals surface area contributed by atoms with Gasteiger partial charge in [0.1, 0.15) is 34.1 Å². The van der Waals surface area contributed by atoms with E-state index >= 15 is 0 Å². The van der Waals surface area contributed by atoms with Crippen LogP contribution in [0.4, 0.5) is 13.2 Å². The number of alkyl halides is 2. The maximum absolute atomic E-state index is 14.4. The molecule has 1 unspecified atom stereocenters. The smallest absolute Gasteiger partial charge is 0.387 e. The monoisotopic (exact) mass is 848 g/mol. The van der Waals surface area contributed by atoms with Crippen molar-refractivity contribution in [3.05, 3.63) is 117 Å². The zero-order chi connectivity index (χ0) is 40.3. The van der Waals surface area contributed by atoms with Crippen LogP contribution in [0.2, 0.25) is 10.0 Å². The van der Waals surface area contributed by atoms with Crippen molar-refractivity contribution in [2.45, 2.75) is 61.9 Å². The molecule has 11 nitrogen and oxygen atoms in total. The Morgan fingerprint density at radius 3 is 2.32 bits per heavy atom. The lowest BCUT2D eigenvalue weighted by atomic mass is 9.86. The number of nitrogens with one attached hydrogen (secondary N) is 2. The number of H-pyrrole nitrogens is 1. The molecule has 4 heterocycles. The molecule has 1 aliphatic carbocycles. The van der Waals surface area contributed by atoms with Gasteiger partial charge in [0.2, 0.25) is 10.0 Å². The number of hydrogen-bond donors (Lipinski definition) is 1. The summed E-state index contributed by atoms with van der Waals surface area (Å²) >= 11 is 12.9. The van der Waals surface area contributed by atoms with Crippen LogP contribution >= 0.6 is 23.2 Å². The summed E-state index contributed by atoms with van der Waals surface area (Å²) < 4.78 is 93.6. The van der Waals surface area contributed by atoms with E-state index < -0.39 is 52.6 Å². The number of sulfonamides is 1. The summed E-state index contributed by atoms with van der Waals surface area (Å²) in [7, 11) is -4.56. The standard InChI is InChI=1S/C40H38Cl2F3N3O8S/c41-31-19-46-20-32(42)30(31)18-34(25-9-10-33(56-40(44)45)35(17-25)53-22-23-7-8-23)54-38(49)27-4-2-6-29(16-27)57(51,52)47-37(26-3-1-5-28(43)15-26)39(50)55-36-21-48-13-11-24(36)12-14-48/h1-6,9-10,15-17,19-20,23-24,34,36-37,40,47H,7-8,11-14,18,21-22H2/p+1/t34-,36-,37?/m0/s1. The van der Waals surface area contributed by atoms with Gasteiger partial charge in [-0.1, -0.05) is 47.5 Å². The van der Waals surface area contributed by atoms with Crippen LogP contribution in [0.3, 0.4) is 0 Å². The molecule has 3 aromatic carbocycles. The summed E-state index contributed by atoms with van der Waals surface area (Å²) in [6, 6.07) is 12.5. The number of carbonyl (C=O) groups excluding carboxylic acids is 2. The van der Waals surface area contributed by atoms with E-state index in [9.17, 15) is 31.2 Å². The van der Waals surface area contributed by atoms with Gasteiger partial charge in [0.15, 0.2) is 23.9 Å². The highest BCUT2D eigenvalue weighted by Crippen LogP contribution is 2.38. The molecule has 3 atom stereocenters. The van der Waals surface area contributed by atoms with Gasteiger partial charge >= 0.3 is 18.6 Å². The predicted molar refractivity (Wildman–Crippen MR) is 201 cm³/mol. The highest BCUT2D eigenvalue weighted by atomic mass is 35.5. The number of halogens is 5.